The molecule has 0 unspecified atom stereocenters. The van der Waals surface area contributed by atoms with Crippen molar-refractivity contribution in [1.29, 1.82) is 0 Å². The topological polar surface area (TPSA) is 118 Å². The number of sulfonamides is 1. The third-order valence-electron chi connectivity index (χ3n) is 7.63. The van der Waals surface area contributed by atoms with E-state index in [2.05, 4.69) is 20.8 Å². The summed E-state index contributed by atoms with van der Waals surface area (Å²) in [6, 6.07) is 15.1. The molecule has 3 N–H and O–H groups in total. The van der Waals surface area contributed by atoms with Crippen LogP contribution in [0.25, 0.3) is 11.3 Å². The Bertz CT molecular complexity index is 1440. The Morgan fingerprint density at radius 1 is 1.11 bits per heavy atom. The molecule has 0 radical (unpaired) electrons. The summed E-state index contributed by atoms with van der Waals surface area (Å²) in [6.45, 7) is 1.13. The maximum atomic E-state index is 13.6. The van der Waals surface area contributed by atoms with Crippen molar-refractivity contribution in [3.63, 3.8) is 0 Å². The molecule has 0 atom stereocenters. The summed E-state index contributed by atoms with van der Waals surface area (Å²) in [5, 5.41) is 0.711. The largest absolute Gasteiger partial charge is 0.334 e. The van der Waals surface area contributed by atoms with Crippen molar-refractivity contribution in [2.45, 2.75) is 43.6 Å². The van der Waals surface area contributed by atoms with Crippen LogP contribution in [0.3, 0.4) is 0 Å². The van der Waals surface area contributed by atoms with E-state index in [0.717, 1.165) is 43.1 Å². The van der Waals surface area contributed by atoms with E-state index in [1.54, 1.807) is 18.2 Å². The maximum Gasteiger partial charge on any atom is 0.273 e. The highest BCUT2D eigenvalue weighted by Gasteiger charge is 2.40. The summed E-state index contributed by atoms with van der Waals surface area (Å²) in [7, 11) is -3.41. The van der Waals surface area contributed by atoms with E-state index in [1.165, 1.54) is 11.9 Å². The van der Waals surface area contributed by atoms with Gasteiger partial charge in [-0.2, -0.15) is 0 Å². The average molecular weight is 577 g/mol. The highest BCUT2D eigenvalue weighted by molar-refractivity contribution is 7.92. The van der Waals surface area contributed by atoms with E-state index in [-0.39, 0.29) is 29.8 Å². The van der Waals surface area contributed by atoms with E-state index in [0.29, 0.717) is 41.6 Å². The van der Waals surface area contributed by atoms with Gasteiger partial charge in [0.2, 0.25) is 10.0 Å². The first-order valence-corrected chi connectivity index (χ1v) is 14.7. The predicted molar refractivity (Wildman–Crippen MR) is 152 cm³/mol. The molecule has 1 aromatic heterocycles. The van der Waals surface area contributed by atoms with E-state index in [9.17, 15) is 13.2 Å². The number of halogens is 2. The van der Waals surface area contributed by atoms with E-state index >= 15 is 0 Å². The molecular formula is C27H31Cl2N5O3S. The summed E-state index contributed by atoms with van der Waals surface area (Å²) >= 11 is 6.26. The van der Waals surface area contributed by atoms with Gasteiger partial charge >= 0.3 is 0 Å². The minimum Gasteiger partial charge on any atom is -0.334 e. The molecule has 202 valence electrons. The van der Waals surface area contributed by atoms with Crippen LogP contribution in [-0.2, 0) is 21.9 Å². The van der Waals surface area contributed by atoms with Gasteiger partial charge in [-0.15, -0.1) is 12.4 Å². The van der Waals surface area contributed by atoms with E-state index in [1.807, 2.05) is 29.2 Å². The molecule has 38 heavy (non-hydrogen) atoms. The molecule has 0 bridgehead atoms. The van der Waals surface area contributed by atoms with Crippen LogP contribution in [0.4, 0.5) is 5.69 Å². The summed E-state index contributed by atoms with van der Waals surface area (Å²) < 4.78 is 25.8. The Morgan fingerprint density at radius 2 is 1.82 bits per heavy atom. The quantitative estimate of drug-likeness (QED) is 0.449. The second-order valence-corrected chi connectivity index (χ2v) is 12.2. The first-order chi connectivity index (χ1) is 17.7. The molecule has 0 saturated heterocycles. The minimum absolute atomic E-state index is 0. The summed E-state index contributed by atoms with van der Waals surface area (Å²) in [5.41, 5.74) is 10.4. The Balaban J connectivity index is 0.00000336. The lowest BCUT2D eigenvalue weighted by Gasteiger charge is -2.44. The van der Waals surface area contributed by atoms with Gasteiger partial charge in [-0.3, -0.25) is 9.52 Å². The number of anilines is 1. The molecule has 5 rings (SSSR count). The van der Waals surface area contributed by atoms with Crippen LogP contribution >= 0.6 is 24.0 Å². The van der Waals surface area contributed by atoms with Crippen LogP contribution in [0.15, 0.2) is 54.9 Å². The van der Waals surface area contributed by atoms with E-state index < -0.39 is 10.0 Å². The predicted octanol–water partition coefficient (Wildman–Crippen LogP) is 4.43. The standard InChI is InChI=1S/C27H30ClN5O3S.ClH/c1-37(35,36)32-21-7-2-4-18(14-21)24-23-10-13-33(26(34)25(23)31-17-30-24)22-8-11-27(16-29,12-9-22)19-5-3-6-20(28)15-19;/h2-7,14-15,17,22,32H,8-13,16,29H2,1H3;1H/t22-,27+;. The molecule has 3 aromatic rings. The Kier molecular flexibility index (Phi) is 8.32. The lowest BCUT2D eigenvalue weighted by molar-refractivity contribution is 0.0568. The van der Waals surface area contributed by atoms with Gasteiger partial charge in [0.25, 0.3) is 5.91 Å². The highest BCUT2D eigenvalue weighted by atomic mass is 35.5. The van der Waals surface area contributed by atoms with Crippen LogP contribution < -0.4 is 10.5 Å². The fourth-order valence-corrected chi connectivity index (χ4v) is 6.49. The second kappa shape index (κ2) is 11.2. The zero-order chi connectivity index (χ0) is 26.2. The van der Waals surface area contributed by atoms with Crippen molar-refractivity contribution in [2.24, 2.45) is 5.73 Å². The fourth-order valence-electron chi connectivity index (χ4n) is 5.74. The van der Waals surface area contributed by atoms with Crippen LogP contribution in [-0.4, -0.2) is 54.6 Å². The Labute approximate surface area is 234 Å². The van der Waals surface area contributed by atoms with Gasteiger partial charge in [-0.05, 0) is 61.9 Å². The summed E-state index contributed by atoms with van der Waals surface area (Å²) in [5.74, 6) is -0.0803. The third-order valence-corrected chi connectivity index (χ3v) is 8.47. The zero-order valence-corrected chi connectivity index (χ0v) is 23.5. The number of nitrogens with zero attached hydrogens (tertiary/aromatic N) is 3. The lowest BCUT2D eigenvalue weighted by atomic mass is 9.68. The molecule has 1 amide bonds. The van der Waals surface area contributed by atoms with Crippen molar-refractivity contribution in [1.82, 2.24) is 14.9 Å². The van der Waals surface area contributed by atoms with Gasteiger partial charge < -0.3 is 10.6 Å². The molecule has 2 heterocycles. The van der Waals surface area contributed by atoms with Crippen LogP contribution in [0.1, 0.15) is 47.3 Å². The number of fused-ring (bicyclic) bond motifs is 1. The number of hydrogen-bond acceptors (Lipinski definition) is 6. The van der Waals surface area contributed by atoms with Gasteiger partial charge in [0, 0.05) is 46.4 Å². The van der Waals surface area contributed by atoms with Crippen LogP contribution in [0.5, 0.6) is 0 Å². The molecule has 1 aliphatic heterocycles. The van der Waals surface area contributed by atoms with E-state index in [4.69, 9.17) is 17.3 Å². The number of carbonyl (C=O) groups is 1. The van der Waals surface area contributed by atoms with Crippen molar-refractivity contribution >= 4 is 45.6 Å². The number of amides is 1. The fraction of sp³-hybridized carbons (Fsp3) is 0.370. The summed E-state index contributed by atoms with van der Waals surface area (Å²) in [4.78, 5) is 24.4. The molecule has 2 aliphatic rings. The zero-order valence-electron chi connectivity index (χ0n) is 21.1. The molecule has 2 aromatic carbocycles. The average Bonchev–Trinajstić information content (AvgIpc) is 2.88. The number of rotatable bonds is 6. The third kappa shape index (κ3) is 5.66. The lowest BCUT2D eigenvalue weighted by Crippen LogP contribution is -2.50. The normalized spacial score (nSPS) is 21.4. The van der Waals surface area contributed by atoms with Crippen LogP contribution in [0, 0.1) is 0 Å². The molecular weight excluding hydrogens is 545 g/mol. The van der Waals surface area contributed by atoms with Gasteiger partial charge in [0.05, 0.1) is 11.9 Å². The van der Waals surface area contributed by atoms with Gasteiger partial charge in [0.1, 0.15) is 12.0 Å². The molecule has 1 fully saturated rings. The number of aromatic nitrogens is 2. The van der Waals surface area contributed by atoms with Gasteiger partial charge in [-0.25, -0.2) is 18.4 Å². The smallest absolute Gasteiger partial charge is 0.273 e. The van der Waals surface area contributed by atoms with Crippen molar-refractivity contribution in [2.75, 3.05) is 24.1 Å². The molecule has 11 heteroatoms. The van der Waals surface area contributed by atoms with Crippen molar-refractivity contribution in [3.05, 3.63) is 76.7 Å². The molecule has 1 aliphatic carbocycles. The number of hydrogen-bond donors (Lipinski definition) is 2. The highest BCUT2D eigenvalue weighted by Crippen LogP contribution is 2.42. The Morgan fingerprint density at radius 3 is 2.50 bits per heavy atom. The molecule has 1 saturated carbocycles. The maximum absolute atomic E-state index is 13.6. The number of benzene rings is 2. The van der Waals surface area contributed by atoms with Gasteiger partial charge in [0.15, 0.2) is 0 Å². The second-order valence-electron chi connectivity index (χ2n) is 9.98. The van der Waals surface area contributed by atoms with Gasteiger partial charge in [-0.1, -0.05) is 35.9 Å². The van der Waals surface area contributed by atoms with Crippen molar-refractivity contribution in [3.8, 4) is 11.3 Å². The number of nitrogens with two attached hydrogens (primary N) is 1. The SMILES string of the molecule is CS(=O)(=O)Nc1cccc(-c2ncnc3c2CCN([C@H]2CC[C@@](CN)(c4cccc(Cl)c4)CC2)C3=O)c1.Cl. The number of carbonyl (C=O) groups excluding carboxylic acids is 1. The molecule has 0 spiro atoms. The molecule has 8 nitrogen and oxygen atoms in total. The van der Waals surface area contributed by atoms with Crippen molar-refractivity contribution < 1.29 is 13.2 Å². The summed E-state index contributed by atoms with van der Waals surface area (Å²) in [6.07, 6.45) is 6.65. The first-order valence-electron chi connectivity index (χ1n) is 12.4. The Hall–Kier alpha value is -2.72. The van der Waals surface area contributed by atoms with Crippen LogP contribution in [0.2, 0.25) is 5.02 Å². The first kappa shape index (κ1) is 28.3. The minimum atomic E-state index is -3.41. The monoisotopic (exact) mass is 575 g/mol. The number of nitrogens with one attached hydrogen (secondary N) is 1.